The predicted molar refractivity (Wildman–Crippen MR) is 86.5 cm³/mol. The number of hydrogen-bond acceptors (Lipinski definition) is 9. The predicted octanol–water partition coefficient (Wildman–Crippen LogP) is -0.325. The fourth-order valence-electron chi connectivity index (χ4n) is 2.50. The first-order valence-electron chi connectivity index (χ1n) is 8.20. The van der Waals surface area contributed by atoms with Crippen molar-refractivity contribution in [2.24, 2.45) is 0 Å². The van der Waals surface area contributed by atoms with Gasteiger partial charge in [-0.05, 0) is 17.9 Å². The highest BCUT2D eigenvalue weighted by atomic mass is 16.6. The molecule has 0 spiro atoms. The molecule has 12 nitrogen and oxygen atoms in total. The van der Waals surface area contributed by atoms with Crippen LogP contribution < -0.4 is 5.32 Å². The Kier molecular flexibility index (Phi) is 5.86. The summed E-state index contributed by atoms with van der Waals surface area (Å²) < 4.78 is 11.5. The number of carbonyl (C=O) groups excluding carboxylic acids is 1. The number of nitrogens with one attached hydrogen (secondary N) is 1. The van der Waals surface area contributed by atoms with Gasteiger partial charge in [-0.2, -0.15) is 9.67 Å². The monoisotopic (exact) mass is 365 g/mol. The largest absolute Gasteiger partial charge is 0.389 e. The number of aromatic nitrogens is 4. The molecule has 1 fully saturated rings. The second-order valence-corrected chi connectivity index (χ2v) is 5.71. The maximum atomic E-state index is 12.0. The summed E-state index contributed by atoms with van der Waals surface area (Å²) in [6.45, 7) is 4.77. The molecule has 1 N–H and O–H groups in total. The van der Waals surface area contributed by atoms with Gasteiger partial charge in [0.25, 0.3) is 0 Å². The first-order chi connectivity index (χ1) is 12.6. The third kappa shape index (κ3) is 4.83. The molecule has 26 heavy (non-hydrogen) atoms. The van der Waals surface area contributed by atoms with Crippen molar-refractivity contribution in [2.45, 2.75) is 13.0 Å². The lowest BCUT2D eigenvalue weighted by atomic mass is 10.3. The van der Waals surface area contributed by atoms with Gasteiger partial charge in [0.05, 0.1) is 30.6 Å². The third-order valence-corrected chi connectivity index (χ3v) is 3.82. The van der Waals surface area contributed by atoms with Crippen molar-refractivity contribution in [1.82, 2.24) is 30.1 Å². The van der Waals surface area contributed by atoms with Gasteiger partial charge < -0.3 is 24.7 Å². The number of rotatable bonds is 8. The minimum atomic E-state index is -0.595. The molecule has 0 radical (unpaired) electrons. The molecule has 0 unspecified atom stereocenters. The Morgan fingerprint density at radius 1 is 1.38 bits per heavy atom. The van der Waals surface area contributed by atoms with Gasteiger partial charge in [0, 0.05) is 19.6 Å². The number of carbonyl (C=O) groups is 1. The van der Waals surface area contributed by atoms with Gasteiger partial charge in [-0.15, -0.1) is 0 Å². The zero-order chi connectivity index (χ0) is 18.4. The molecule has 1 aliphatic rings. The van der Waals surface area contributed by atoms with E-state index in [0.717, 1.165) is 39.3 Å². The number of nitro groups is 1. The standard InChI is InChI=1S/C14H19N7O5/c22-13(15-3-1-4-19-6-8-25-9-7-19)14-16-11(18-26-14)10-20-5-2-12(17-20)21(23)24/h2,5H,1,3-4,6-10H2,(H,15,22). The summed E-state index contributed by atoms with van der Waals surface area (Å²) in [6.07, 6.45) is 2.24. The van der Waals surface area contributed by atoms with Crippen molar-refractivity contribution in [2.75, 3.05) is 39.4 Å². The minimum absolute atomic E-state index is 0.0711. The van der Waals surface area contributed by atoms with E-state index in [4.69, 9.17) is 9.26 Å². The van der Waals surface area contributed by atoms with E-state index in [1.807, 2.05) is 0 Å². The molecular weight excluding hydrogens is 346 g/mol. The van der Waals surface area contributed by atoms with Crippen molar-refractivity contribution >= 4 is 11.7 Å². The molecule has 2 aromatic rings. The molecular formula is C14H19N7O5. The number of hydrogen-bond donors (Lipinski definition) is 1. The summed E-state index contributed by atoms with van der Waals surface area (Å²) >= 11 is 0. The topological polar surface area (TPSA) is 141 Å². The minimum Gasteiger partial charge on any atom is -0.379 e. The molecule has 1 amide bonds. The van der Waals surface area contributed by atoms with E-state index in [9.17, 15) is 14.9 Å². The Balaban J connectivity index is 1.42. The smallest absolute Gasteiger partial charge is 0.379 e. The summed E-state index contributed by atoms with van der Waals surface area (Å²) in [5.41, 5.74) is 0. The quantitative estimate of drug-likeness (QED) is 0.378. The number of nitrogens with zero attached hydrogens (tertiary/aromatic N) is 6. The highest BCUT2D eigenvalue weighted by molar-refractivity contribution is 5.89. The van der Waals surface area contributed by atoms with Gasteiger partial charge in [0.1, 0.15) is 6.54 Å². The summed E-state index contributed by atoms with van der Waals surface area (Å²) in [6, 6.07) is 1.27. The van der Waals surface area contributed by atoms with Gasteiger partial charge in [-0.25, -0.2) is 0 Å². The molecule has 12 heteroatoms. The Morgan fingerprint density at radius 2 is 2.19 bits per heavy atom. The highest BCUT2D eigenvalue weighted by Gasteiger charge is 2.17. The summed E-state index contributed by atoms with van der Waals surface area (Å²) in [5.74, 6) is -0.654. The molecule has 1 aliphatic heterocycles. The zero-order valence-corrected chi connectivity index (χ0v) is 14.0. The molecule has 2 aromatic heterocycles. The molecule has 0 atom stereocenters. The lowest BCUT2D eigenvalue weighted by Gasteiger charge is -2.26. The zero-order valence-electron chi connectivity index (χ0n) is 14.0. The molecule has 0 saturated carbocycles. The fraction of sp³-hybridized carbons (Fsp3) is 0.571. The average molecular weight is 365 g/mol. The number of ether oxygens (including phenoxy) is 1. The van der Waals surface area contributed by atoms with Crippen LogP contribution in [0.2, 0.25) is 0 Å². The molecule has 140 valence electrons. The van der Waals surface area contributed by atoms with Crippen LogP contribution in [0.3, 0.4) is 0 Å². The second kappa shape index (κ2) is 8.49. The number of morpholine rings is 1. The van der Waals surface area contributed by atoms with Crippen molar-refractivity contribution in [1.29, 1.82) is 0 Å². The van der Waals surface area contributed by atoms with Gasteiger partial charge in [-0.1, -0.05) is 5.16 Å². The lowest BCUT2D eigenvalue weighted by molar-refractivity contribution is -0.389. The van der Waals surface area contributed by atoms with E-state index in [0.29, 0.717) is 6.54 Å². The van der Waals surface area contributed by atoms with Gasteiger partial charge in [0.2, 0.25) is 0 Å². The van der Waals surface area contributed by atoms with Crippen LogP contribution in [0.15, 0.2) is 16.8 Å². The molecule has 3 heterocycles. The molecule has 3 rings (SSSR count). The van der Waals surface area contributed by atoms with Crippen LogP contribution in [-0.2, 0) is 11.3 Å². The van der Waals surface area contributed by atoms with Crippen LogP contribution in [0.5, 0.6) is 0 Å². The molecule has 0 aromatic carbocycles. The molecule has 0 aliphatic carbocycles. The maximum Gasteiger partial charge on any atom is 0.389 e. The van der Waals surface area contributed by atoms with Crippen molar-refractivity contribution in [3.05, 3.63) is 34.1 Å². The number of amides is 1. The second-order valence-electron chi connectivity index (χ2n) is 5.71. The van der Waals surface area contributed by atoms with Crippen LogP contribution in [0, 0.1) is 10.1 Å². The first kappa shape index (κ1) is 17.9. The van der Waals surface area contributed by atoms with Gasteiger partial charge in [0.15, 0.2) is 5.82 Å². The first-order valence-corrected chi connectivity index (χ1v) is 8.20. The highest BCUT2D eigenvalue weighted by Crippen LogP contribution is 2.07. The molecule has 1 saturated heterocycles. The van der Waals surface area contributed by atoms with Gasteiger partial charge >= 0.3 is 17.6 Å². The van der Waals surface area contributed by atoms with Crippen molar-refractivity contribution in [3.63, 3.8) is 0 Å². The Labute approximate surface area is 148 Å². The Morgan fingerprint density at radius 3 is 2.92 bits per heavy atom. The van der Waals surface area contributed by atoms with E-state index in [2.05, 4.69) is 25.5 Å². The lowest BCUT2D eigenvalue weighted by Crippen LogP contribution is -2.38. The van der Waals surface area contributed by atoms with Crippen LogP contribution in [0.1, 0.15) is 22.9 Å². The van der Waals surface area contributed by atoms with Crippen LogP contribution in [-0.4, -0.2) is 75.0 Å². The Bertz CT molecular complexity index is 752. The van der Waals surface area contributed by atoms with Crippen LogP contribution in [0.4, 0.5) is 5.82 Å². The van der Waals surface area contributed by atoms with Crippen molar-refractivity contribution < 1.29 is 19.0 Å². The van der Waals surface area contributed by atoms with Crippen molar-refractivity contribution in [3.8, 4) is 0 Å². The fourth-order valence-corrected chi connectivity index (χ4v) is 2.50. The third-order valence-electron chi connectivity index (χ3n) is 3.82. The SMILES string of the molecule is O=C(NCCCN1CCOCC1)c1nc(Cn2ccc([N+](=O)[O-])n2)no1. The van der Waals surface area contributed by atoms with Gasteiger partial charge in [-0.3, -0.25) is 9.69 Å². The maximum absolute atomic E-state index is 12.0. The van der Waals surface area contributed by atoms with Crippen LogP contribution in [0.25, 0.3) is 0 Å². The van der Waals surface area contributed by atoms with E-state index in [1.54, 1.807) is 0 Å². The van der Waals surface area contributed by atoms with E-state index in [-0.39, 0.29) is 24.1 Å². The normalized spacial score (nSPS) is 15.1. The van der Waals surface area contributed by atoms with E-state index < -0.39 is 10.8 Å². The summed E-state index contributed by atoms with van der Waals surface area (Å²) in [5, 5.41) is 20.8. The van der Waals surface area contributed by atoms with E-state index >= 15 is 0 Å². The summed E-state index contributed by atoms with van der Waals surface area (Å²) in [4.78, 5) is 28.3. The summed E-state index contributed by atoms with van der Waals surface area (Å²) in [7, 11) is 0. The van der Waals surface area contributed by atoms with Crippen LogP contribution >= 0.6 is 0 Å². The molecule has 0 bridgehead atoms. The average Bonchev–Trinajstić information content (AvgIpc) is 3.30. The Hall–Kier alpha value is -2.86. The van der Waals surface area contributed by atoms with E-state index in [1.165, 1.54) is 16.9 Å².